The topological polar surface area (TPSA) is 56.4 Å². The summed E-state index contributed by atoms with van der Waals surface area (Å²) in [4.78, 5) is 12.2. The molecule has 8 rings (SSSR count). The Bertz CT molecular complexity index is 2280. The molecule has 0 bridgehead atoms. The SMILES string of the molecule is CC(C)(O)c1ccccc1-n1c2ccccc2c2ccccc21.COC(=O)c1ccccc1-n1c2ccccc2c2ccccc21.[CH3-].[I-].[Mg+2]. The Morgan fingerprint density at radius 2 is 0.878 bits per heavy atom. The monoisotopic (exact) mass is 768 g/mol. The first-order valence-electron chi connectivity index (χ1n) is 15.3. The van der Waals surface area contributed by atoms with E-state index in [0.717, 1.165) is 39.0 Å². The summed E-state index contributed by atoms with van der Waals surface area (Å²) in [6.45, 7) is 3.67. The number of ether oxygens (including phenoxy) is 1. The van der Waals surface area contributed by atoms with Gasteiger partial charge < -0.3 is 50.4 Å². The van der Waals surface area contributed by atoms with Crippen LogP contribution in [0.15, 0.2) is 146 Å². The summed E-state index contributed by atoms with van der Waals surface area (Å²) in [6, 6.07) is 48.9. The first-order valence-corrected chi connectivity index (χ1v) is 15.3. The van der Waals surface area contributed by atoms with Gasteiger partial charge in [-0.05, 0) is 56.3 Å². The third-order valence-electron chi connectivity index (χ3n) is 8.51. The minimum Gasteiger partial charge on any atom is -1.00 e. The van der Waals surface area contributed by atoms with Crippen molar-refractivity contribution >= 4 is 72.6 Å². The average Bonchev–Trinajstić information content (AvgIpc) is 3.61. The molecule has 1 N–H and O–H groups in total. The average molecular weight is 769 g/mol. The molecule has 0 spiro atoms. The molecule has 0 fully saturated rings. The van der Waals surface area contributed by atoms with Crippen LogP contribution in [0.1, 0.15) is 29.8 Å². The quantitative estimate of drug-likeness (QED) is 0.0945. The molecule has 2 heterocycles. The molecule has 7 heteroatoms. The zero-order valence-electron chi connectivity index (χ0n) is 28.1. The molecular formula is C42H37IMgN2O3. The van der Waals surface area contributed by atoms with E-state index in [1.54, 1.807) is 6.07 Å². The zero-order chi connectivity index (χ0) is 31.8. The van der Waals surface area contributed by atoms with Crippen molar-refractivity contribution in [2.45, 2.75) is 19.4 Å². The number of aromatic nitrogens is 2. The Morgan fingerprint density at radius 1 is 0.551 bits per heavy atom. The summed E-state index contributed by atoms with van der Waals surface area (Å²) in [5.74, 6) is -0.331. The van der Waals surface area contributed by atoms with Crippen LogP contribution in [0.5, 0.6) is 0 Å². The van der Waals surface area contributed by atoms with Gasteiger partial charge in [-0.25, -0.2) is 4.79 Å². The maximum Gasteiger partial charge on any atom is 2.00 e. The Hall–Kier alpha value is -4.15. The van der Waals surface area contributed by atoms with Crippen LogP contribution in [-0.4, -0.2) is 50.4 Å². The van der Waals surface area contributed by atoms with E-state index in [2.05, 4.69) is 88.0 Å². The van der Waals surface area contributed by atoms with Crippen LogP contribution in [-0.2, 0) is 10.3 Å². The van der Waals surface area contributed by atoms with Crippen molar-refractivity contribution in [1.82, 2.24) is 9.13 Å². The first kappa shape index (κ1) is 37.7. The van der Waals surface area contributed by atoms with E-state index in [1.165, 1.54) is 28.7 Å². The molecule has 0 atom stereocenters. The Kier molecular flexibility index (Phi) is 12.0. The fraction of sp³-hybridized carbons (Fsp3) is 0.0952. The van der Waals surface area contributed by atoms with E-state index >= 15 is 0 Å². The molecule has 0 saturated carbocycles. The number of halogens is 1. The van der Waals surface area contributed by atoms with Gasteiger partial charge in [0.05, 0.1) is 51.7 Å². The summed E-state index contributed by atoms with van der Waals surface area (Å²) in [7, 11) is 1.41. The van der Waals surface area contributed by atoms with Gasteiger partial charge in [-0.15, -0.1) is 0 Å². The summed E-state index contributed by atoms with van der Waals surface area (Å²) >= 11 is 0. The molecular weight excluding hydrogens is 732 g/mol. The van der Waals surface area contributed by atoms with Gasteiger partial charge in [-0.3, -0.25) is 0 Å². The summed E-state index contributed by atoms with van der Waals surface area (Å²) in [5, 5.41) is 15.4. The van der Waals surface area contributed by atoms with Crippen molar-refractivity contribution < 1.29 is 38.6 Å². The summed E-state index contributed by atoms with van der Waals surface area (Å²) in [5.41, 5.74) is 6.90. The molecule has 0 amide bonds. The Morgan fingerprint density at radius 3 is 1.29 bits per heavy atom. The Labute approximate surface area is 320 Å². The van der Waals surface area contributed by atoms with Crippen LogP contribution in [0.4, 0.5) is 0 Å². The molecule has 6 aromatic carbocycles. The third kappa shape index (κ3) is 6.85. The number of benzene rings is 6. The van der Waals surface area contributed by atoms with E-state index in [-0.39, 0.29) is 60.4 Å². The van der Waals surface area contributed by atoms with Crippen molar-refractivity contribution in [3.63, 3.8) is 0 Å². The molecule has 49 heavy (non-hydrogen) atoms. The number of esters is 1. The molecule has 0 aliphatic rings. The van der Waals surface area contributed by atoms with Crippen molar-refractivity contribution in [3.8, 4) is 11.4 Å². The van der Waals surface area contributed by atoms with Gasteiger partial charge in [-0.1, -0.05) is 103 Å². The Balaban J connectivity index is 0.000000208. The molecule has 2 aromatic heterocycles. The molecule has 8 aromatic rings. The van der Waals surface area contributed by atoms with E-state index in [4.69, 9.17) is 4.74 Å². The first-order chi connectivity index (χ1) is 22.4. The second-order valence-corrected chi connectivity index (χ2v) is 11.8. The maximum absolute atomic E-state index is 12.2. The molecule has 0 unspecified atom stereocenters. The van der Waals surface area contributed by atoms with Gasteiger partial charge in [0, 0.05) is 27.1 Å². The predicted molar refractivity (Wildman–Crippen MR) is 200 cm³/mol. The second kappa shape index (κ2) is 15.6. The normalized spacial score (nSPS) is 10.9. The van der Waals surface area contributed by atoms with Gasteiger partial charge in [0.2, 0.25) is 0 Å². The van der Waals surface area contributed by atoms with Gasteiger partial charge in [-0.2, -0.15) is 0 Å². The van der Waals surface area contributed by atoms with Crippen LogP contribution < -0.4 is 24.0 Å². The maximum atomic E-state index is 12.2. The van der Waals surface area contributed by atoms with Gasteiger partial charge >= 0.3 is 29.0 Å². The van der Waals surface area contributed by atoms with Gasteiger partial charge in [0.25, 0.3) is 0 Å². The number of rotatable bonds is 4. The van der Waals surface area contributed by atoms with Crippen LogP contribution in [0, 0.1) is 7.43 Å². The van der Waals surface area contributed by atoms with E-state index in [1.807, 2.05) is 74.5 Å². The van der Waals surface area contributed by atoms with Crippen molar-refractivity contribution in [3.05, 3.63) is 164 Å². The van der Waals surface area contributed by atoms with E-state index in [0.29, 0.717) is 5.56 Å². The van der Waals surface area contributed by atoms with E-state index in [9.17, 15) is 9.90 Å². The summed E-state index contributed by atoms with van der Waals surface area (Å²) < 4.78 is 9.32. The molecule has 242 valence electrons. The molecule has 0 aliphatic carbocycles. The number of methoxy groups -OCH3 is 1. The largest absolute Gasteiger partial charge is 2.00 e. The minimum absolute atomic E-state index is 0. The van der Waals surface area contributed by atoms with Crippen molar-refractivity contribution in [2.24, 2.45) is 0 Å². The number of nitrogens with zero attached hydrogens (tertiary/aromatic N) is 2. The van der Waals surface area contributed by atoms with Crippen LogP contribution >= 0.6 is 0 Å². The third-order valence-corrected chi connectivity index (χ3v) is 8.51. The number of carbonyl (C=O) groups is 1. The molecule has 0 aliphatic heterocycles. The molecule has 0 radical (unpaired) electrons. The fourth-order valence-electron chi connectivity index (χ4n) is 6.50. The smallest absolute Gasteiger partial charge is 1.00 e. The van der Waals surface area contributed by atoms with Gasteiger partial charge in [0.15, 0.2) is 0 Å². The zero-order valence-corrected chi connectivity index (χ0v) is 31.7. The molecule has 0 saturated heterocycles. The predicted octanol–water partition coefficient (Wildman–Crippen LogP) is 6.65. The second-order valence-electron chi connectivity index (χ2n) is 11.8. The van der Waals surface area contributed by atoms with Crippen molar-refractivity contribution in [2.75, 3.05) is 7.11 Å². The van der Waals surface area contributed by atoms with Crippen LogP contribution in [0.2, 0.25) is 0 Å². The summed E-state index contributed by atoms with van der Waals surface area (Å²) in [6.07, 6.45) is 0. The van der Waals surface area contributed by atoms with E-state index < -0.39 is 5.60 Å². The number of hydrogen-bond donors (Lipinski definition) is 1. The number of fused-ring (bicyclic) bond motifs is 6. The van der Waals surface area contributed by atoms with Gasteiger partial charge in [0.1, 0.15) is 0 Å². The standard InChI is InChI=1S/C21H19NO.C20H15NO2.CH3.HI.Mg/c1-21(2,23)17-11-5-8-14-20(17)22-18-12-6-3-9-15(18)16-10-4-7-13-19(16)22;1-23-20(22)16-10-4-7-13-19(16)21-17-11-5-2-8-14(17)15-9-3-6-12-18(15)21;;;/h3-14,23H,1-2H3;2-13H,1H3;1H3;1H;/q;;-1;;+2/p-1. The number of carbonyl (C=O) groups excluding carboxylic acids is 1. The number of hydrogen-bond acceptors (Lipinski definition) is 3. The van der Waals surface area contributed by atoms with Crippen molar-refractivity contribution in [1.29, 1.82) is 0 Å². The van der Waals surface area contributed by atoms with Crippen LogP contribution in [0.25, 0.3) is 55.0 Å². The van der Waals surface area contributed by atoms with Crippen LogP contribution in [0.3, 0.4) is 0 Å². The minimum atomic E-state index is -0.900. The molecule has 5 nitrogen and oxygen atoms in total. The fourth-order valence-corrected chi connectivity index (χ4v) is 6.50. The number of aliphatic hydroxyl groups is 1. The number of para-hydroxylation sites is 6.